The topological polar surface area (TPSA) is 32.3 Å². The van der Waals surface area contributed by atoms with Gasteiger partial charge >= 0.3 is 0 Å². The smallest absolute Gasteiger partial charge is 0.241 e. The summed E-state index contributed by atoms with van der Waals surface area (Å²) in [5.74, 6) is 1.04. The first kappa shape index (κ1) is 14.8. The van der Waals surface area contributed by atoms with Gasteiger partial charge in [0.25, 0.3) is 0 Å². The van der Waals surface area contributed by atoms with E-state index in [4.69, 9.17) is 0 Å². The van der Waals surface area contributed by atoms with Crippen LogP contribution in [0.25, 0.3) is 0 Å². The van der Waals surface area contributed by atoms with Crippen molar-refractivity contribution in [2.75, 3.05) is 6.54 Å². The average molecular weight is 266 g/mol. The summed E-state index contributed by atoms with van der Waals surface area (Å²) >= 11 is 0. The lowest BCUT2D eigenvalue weighted by atomic mass is 9.91. The van der Waals surface area contributed by atoms with Gasteiger partial charge in [-0.3, -0.25) is 10.1 Å². The molecule has 1 N–H and O–H groups in total. The Balaban J connectivity index is 2.00. The summed E-state index contributed by atoms with van der Waals surface area (Å²) in [7, 11) is 0. The number of hydrogen-bond donors (Lipinski definition) is 1. The van der Waals surface area contributed by atoms with Gasteiger partial charge in [0.2, 0.25) is 5.91 Å². The van der Waals surface area contributed by atoms with Crippen molar-refractivity contribution in [3.8, 4) is 0 Å². The van der Waals surface area contributed by atoms with Crippen LogP contribution in [0, 0.1) is 11.3 Å². The molecule has 1 amide bonds. The molecule has 0 aromatic carbocycles. The van der Waals surface area contributed by atoms with Crippen molar-refractivity contribution in [3.63, 3.8) is 0 Å². The van der Waals surface area contributed by atoms with Gasteiger partial charge in [-0.05, 0) is 37.0 Å². The quantitative estimate of drug-likeness (QED) is 0.767. The molecule has 0 spiro atoms. The van der Waals surface area contributed by atoms with Gasteiger partial charge in [-0.2, -0.15) is 0 Å². The number of unbranched alkanes of at least 4 members (excludes halogenated alkanes) is 1. The molecule has 2 rings (SSSR count). The predicted molar refractivity (Wildman–Crippen MR) is 78.7 cm³/mol. The van der Waals surface area contributed by atoms with Crippen molar-refractivity contribution >= 4 is 5.91 Å². The molecule has 2 atom stereocenters. The molecule has 3 heteroatoms. The Morgan fingerprint density at radius 2 is 2.05 bits per heavy atom. The van der Waals surface area contributed by atoms with E-state index in [1.165, 1.54) is 12.8 Å². The zero-order valence-corrected chi connectivity index (χ0v) is 13.0. The molecule has 0 aromatic heterocycles. The fourth-order valence-corrected chi connectivity index (χ4v) is 3.31. The van der Waals surface area contributed by atoms with Gasteiger partial charge in [-0.25, -0.2) is 0 Å². The Hall–Kier alpha value is -0.570. The summed E-state index contributed by atoms with van der Waals surface area (Å²) in [4.78, 5) is 14.7. The minimum absolute atomic E-state index is 0.0767. The van der Waals surface area contributed by atoms with Gasteiger partial charge in [-0.1, -0.05) is 40.5 Å². The third-order valence-corrected chi connectivity index (χ3v) is 5.19. The van der Waals surface area contributed by atoms with Crippen LogP contribution in [0.4, 0.5) is 0 Å². The first-order valence-corrected chi connectivity index (χ1v) is 8.10. The molecule has 1 aliphatic carbocycles. The number of carbonyl (C=O) groups is 1. The second kappa shape index (κ2) is 5.82. The fraction of sp³-hybridized carbons (Fsp3) is 0.938. The number of nitrogens with one attached hydrogen (secondary N) is 1. The maximum Gasteiger partial charge on any atom is 0.241 e. The molecule has 1 heterocycles. The van der Waals surface area contributed by atoms with Crippen LogP contribution in [-0.4, -0.2) is 29.6 Å². The van der Waals surface area contributed by atoms with Crippen LogP contribution >= 0.6 is 0 Å². The normalized spacial score (nSPS) is 29.3. The molecule has 110 valence electrons. The summed E-state index contributed by atoms with van der Waals surface area (Å²) in [5, 5.41) is 3.54. The van der Waals surface area contributed by atoms with Gasteiger partial charge < -0.3 is 4.90 Å². The van der Waals surface area contributed by atoms with Crippen LogP contribution in [-0.2, 0) is 4.79 Å². The third kappa shape index (κ3) is 2.96. The maximum atomic E-state index is 12.6. The summed E-state index contributed by atoms with van der Waals surface area (Å²) in [6.07, 6.45) is 7.18. The zero-order chi connectivity index (χ0) is 14.0. The van der Waals surface area contributed by atoms with Gasteiger partial charge in [0.15, 0.2) is 0 Å². The number of amides is 1. The zero-order valence-electron chi connectivity index (χ0n) is 13.0. The first-order chi connectivity index (χ1) is 9.04. The molecule has 1 saturated heterocycles. The van der Waals surface area contributed by atoms with Crippen LogP contribution < -0.4 is 5.32 Å². The molecule has 0 bridgehead atoms. The number of hydrogen-bond acceptors (Lipinski definition) is 2. The van der Waals surface area contributed by atoms with Gasteiger partial charge in [-0.15, -0.1) is 0 Å². The molecular weight excluding hydrogens is 236 g/mol. The van der Waals surface area contributed by atoms with Crippen LogP contribution in [0.3, 0.4) is 0 Å². The largest absolute Gasteiger partial charge is 0.325 e. The molecule has 0 radical (unpaired) electrons. The summed E-state index contributed by atoms with van der Waals surface area (Å²) < 4.78 is 0. The molecule has 2 unspecified atom stereocenters. The Labute approximate surface area is 118 Å². The minimum atomic E-state index is 0.0767. The van der Waals surface area contributed by atoms with E-state index >= 15 is 0 Å². The van der Waals surface area contributed by atoms with E-state index in [0.29, 0.717) is 17.2 Å². The van der Waals surface area contributed by atoms with Crippen molar-refractivity contribution in [2.24, 2.45) is 11.3 Å². The molecule has 0 aromatic rings. The van der Waals surface area contributed by atoms with E-state index in [-0.39, 0.29) is 12.2 Å². The highest BCUT2D eigenvalue weighted by Gasteiger charge is 2.50. The van der Waals surface area contributed by atoms with Crippen molar-refractivity contribution < 1.29 is 4.79 Å². The summed E-state index contributed by atoms with van der Waals surface area (Å²) in [6.45, 7) is 9.94. The standard InChI is InChI=1S/C16H30N2O/c1-5-7-8-13-15(19)18(14(6-2)17-13)11-16(9-10-16)12(3)4/h12-14,17H,5-11H2,1-4H3. The van der Waals surface area contributed by atoms with E-state index < -0.39 is 0 Å². The van der Waals surface area contributed by atoms with Crippen LogP contribution in [0.15, 0.2) is 0 Å². The highest BCUT2D eigenvalue weighted by atomic mass is 16.2. The average Bonchev–Trinajstić information content (AvgIpc) is 3.11. The lowest BCUT2D eigenvalue weighted by molar-refractivity contribution is -0.131. The highest BCUT2D eigenvalue weighted by molar-refractivity contribution is 5.84. The van der Waals surface area contributed by atoms with Gasteiger partial charge in [0.05, 0.1) is 12.2 Å². The number of rotatable bonds is 7. The predicted octanol–water partition coefficient (Wildman–Crippen LogP) is 3.15. The molecular formula is C16H30N2O. The SMILES string of the molecule is CCCCC1NC(CC)N(CC2(C(C)C)CC2)C1=O. The Morgan fingerprint density at radius 3 is 2.53 bits per heavy atom. The number of carbonyl (C=O) groups excluding carboxylic acids is 1. The van der Waals surface area contributed by atoms with Crippen LogP contribution in [0.2, 0.25) is 0 Å². The first-order valence-electron chi connectivity index (χ1n) is 8.10. The van der Waals surface area contributed by atoms with Gasteiger partial charge in [0, 0.05) is 6.54 Å². The Kier molecular flexibility index (Phi) is 4.54. The second-order valence-corrected chi connectivity index (χ2v) is 6.77. The molecule has 2 aliphatic rings. The Bertz CT molecular complexity index is 323. The third-order valence-electron chi connectivity index (χ3n) is 5.19. The lowest BCUT2D eigenvalue weighted by Gasteiger charge is -2.30. The lowest BCUT2D eigenvalue weighted by Crippen LogP contribution is -2.41. The molecule has 1 saturated carbocycles. The van der Waals surface area contributed by atoms with Crippen LogP contribution in [0.5, 0.6) is 0 Å². The van der Waals surface area contributed by atoms with E-state index in [1.54, 1.807) is 0 Å². The van der Waals surface area contributed by atoms with E-state index in [9.17, 15) is 4.79 Å². The van der Waals surface area contributed by atoms with E-state index in [0.717, 1.165) is 32.2 Å². The highest BCUT2D eigenvalue weighted by Crippen LogP contribution is 2.52. The van der Waals surface area contributed by atoms with E-state index in [1.807, 2.05) is 0 Å². The van der Waals surface area contributed by atoms with Gasteiger partial charge in [0.1, 0.15) is 0 Å². The van der Waals surface area contributed by atoms with E-state index in [2.05, 4.69) is 37.9 Å². The fourth-order valence-electron chi connectivity index (χ4n) is 3.31. The van der Waals surface area contributed by atoms with Crippen LogP contribution in [0.1, 0.15) is 66.2 Å². The molecule has 19 heavy (non-hydrogen) atoms. The molecule has 3 nitrogen and oxygen atoms in total. The monoisotopic (exact) mass is 266 g/mol. The summed E-state index contributed by atoms with van der Waals surface area (Å²) in [5.41, 5.74) is 0.421. The van der Waals surface area contributed by atoms with Crippen molar-refractivity contribution in [3.05, 3.63) is 0 Å². The summed E-state index contributed by atoms with van der Waals surface area (Å²) in [6, 6.07) is 0.0767. The van der Waals surface area contributed by atoms with Crippen molar-refractivity contribution in [2.45, 2.75) is 78.4 Å². The van der Waals surface area contributed by atoms with Crippen molar-refractivity contribution in [1.82, 2.24) is 10.2 Å². The maximum absolute atomic E-state index is 12.6. The molecule has 2 fully saturated rings. The minimum Gasteiger partial charge on any atom is -0.325 e. The molecule has 1 aliphatic heterocycles. The van der Waals surface area contributed by atoms with Crippen molar-refractivity contribution in [1.29, 1.82) is 0 Å². The second-order valence-electron chi connectivity index (χ2n) is 6.77. The Morgan fingerprint density at radius 1 is 1.37 bits per heavy atom. The number of nitrogens with zero attached hydrogens (tertiary/aromatic N) is 1.